The van der Waals surface area contributed by atoms with Gasteiger partial charge in [-0.15, -0.1) is 0 Å². The van der Waals surface area contributed by atoms with E-state index in [1.807, 2.05) is 0 Å². The number of hydrogen-bond donors (Lipinski definition) is 2. The van der Waals surface area contributed by atoms with E-state index in [0.29, 0.717) is 6.04 Å². The zero-order valence-corrected chi connectivity index (χ0v) is 13.1. The Bertz CT molecular complexity index is 325. The summed E-state index contributed by atoms with van der Waals surface area (Å²) in [6, 6.07) is 1.50. The van der Waals surface area contributed by atoms with Crippen LogP contribution in [0.4, 0.5) is 0 Å². The van der Waals surface area contributed by atoms with Crippen molar-refractivity contribution in [1.82, 2.24) is 15.5 Å². The van der Waals surface area contributed by atoms with Crippen LogP contribution in [0.1, 0.15) is 46.0 Å². The van der Waals surface area contributed by atoms with Crippen LogP contribution < -0.4 is 10.6 Å². The Morgan fingerprint density at radius 3 is 2.60 bits per heavy atom. The molecule has 0 radical (unpaired) electrons. The van der Waals surface area contributed by atoms with Crippen molar-refractivity contribution in [2.24, 2.45) is 4.99 Å². The summed E-state index contributed by atoms with van der Waals surface area (Å²) in [5.41, 5.74) is 0. The van der Waals surface area contributed by atoms with E-state index in [0.717, 1.165) is 31.5 Å². The Hall–Kier alpha value is -1.03. The number of nitrogens with zero attached hydrogens (tertiary/aromatic N) is 2. The molecule has 0 unspecified atom stereocenters. The molecule has 20 heavy (non-hydrogen) atoms. The standard InChI is InChI=1S/C16H30N4/c1-3-5-6-11-18-16(17-4-2)19-14-9-12-20(13-10-14)15-7-8-15/h3,5,14-15H,4,6-13H2,1-2H3,(H2,17,18,19). The smallest absolute Gasteiger partial charge is 0.191 e. The molecule has 0 aromatic heterocycles. The van der Waals surface area contributed by atoms with E-state index in [1.165, 1.54) is 38.8 Å². The Balaban J connectivity index is 1.72. The lowest BCUT2D eigenvalue weighted by Gasteiger charge is -2.33. The maximum absolute atomic E-state index is 4.64. The number of allylic oxidation sites excluding steroid dienone is 1. The molecule has 0 aromatic carbocycles. The van der Waals surface area contributed by atoms with E-state index >= 15 is 0 Å². The highest BCUT2D eigenvalue weighted by Gasteiger charge is 2.31. The molecule has 2 aliphatic rings. The molecule has 4 heteroatoms. The van der Waals surface area contributed by atoms with Crippen molar-refractivity contribution < 1.29 is 0 Å². The Kier molecular flexibility index (Phi) is 6.37. The number of rotatable bonds is 6. The van der Waals surface area contributed by atoms with Gasteiger partial charge in [-0.2, -0.15) is 0 Å². The van der Waals surface area contributed by atoms with E-state index in [9.17, 15) is 0 Å². The minimum atomic E-state index is 0.588. The van der Waals surface area contributed by atoms with E-state index in [4.69, 9.17) is 0 Å². The lowest BCUT2D eigenvalue weighted by Crippen LogP contribution is -2.49. The van der Waals surface area contributed by atoms with Crippen LogP contribution in [0.3, 0.4) is 0 Å². The number of hydrogen-bond acceptors (Lipinski definition) is 2. The summed E-state index contributed by atoms with van der Waals surface area (Å²) in [6.45, 7) is 8.47. The molecule has 1 heterocycles. The molecule has 0 amide bonds. The molecule has 0 atom stereocenters. The van der Waals surface area contributed by atoms with Gasteiger partial charge < -0.3 is 15.5 Å². The van der Waals surface area contributed by atoms with Gasteiger partial charge in [0.15, 0.2) is 5.96 Å². The highest BCUT2D eigenvalue weighted by Crippen LogP contribution is 2.29. The van der Waals surface area contributed by atoms with Crippen molar-refractivity contribution in [3.8, 4) is 0 Å². The first-order valence-electron chi connectivity index (χ1n) is 8.23. The summed E-state index contributed by atoms with van der Waals surface area (Å²) < 4.78 is 0. The Labute approximate surface area is 123 Å². The molecule has 1 saturated heterocycles. The molecule has 0 aromatic rings. The molecule has 2 N–H and O–H groups in total. The molecule has 1 saturated carbocycles. The summed E-state index contributed by atoms with van der Waals surface area (Å²) in [7, 11) is 0. The van der Waals surface area contributed by atoms with Crippen molar-refractivity contribution in [2.45, 2.75) is 58.0 Å². The second-order valence-electron chi connectivity index (χ2n) is 5.80. The van der Waals surface area contributed by atoms with Crippen molar-refractivity contribution in [2.75, 3.05) is 26.2 Å². The molecule has 4 nitrogen and oxygen atoms in total. The number of guanidine groups is 1. The lowest BCUT2D eigenvalue weighted by atomic mass is 10.1. The summed E-state index contributed by atoms with van der Waals surface area (Å²) in [4.78, 5) is 7.30. The van der Waals surface area contributed by atoms with Crippen LogP contribution in [0, 0.1) is 0 Å². The number of piperidine rings is 1. The van der Waals surface area contributed by atoms with Crippen LogP contribution in [0.5, 0.6) is 0 Å². The largest absolute Gasteiger partial charge is 0.357 e. The Morgan fingerprint density at radius 1 is 1.25 bits per heavy atom. The Morgan fingerprint density at radius 2 is 2.00 bits per heavy atom. The molecule has 2 fully saturated rings. The van der Waals surface area contributed by atoms with E-state index in [-0.39, 0.29) is 0 Å². The van der Waals surface area contributed by atoms with Gasteiger partial charge in [-0.25, -0.2) is 0 Å². The maximum atomic E-state index is 4.64. The average molecular weight is 278 g/mol. The lowest BCUT2D eigenvalue weighted by molar-refractivity contribution is 0.197. The zero-order valence-electron chi connectivity index (χ0n) is 13.1. The van der Waals surface area contributed by atoms with Gasteiger partial charge in [0.25, 0.3) is 0 Å². The van der Waals surface area contributed by atoms with Gasteiger partial charge in [0.1, 0.15) is 0 Å². The predicted molar refractivity (Wildman–Crippen MR) is 86.2 cm³/mol. The zero-order chi connectivity index (χ0) is 14.2. The van der Waals surface area contributed by atoms with Gasteiger partial charge in [-0.3, -0.25) is 4.99 Å². The van der Waals surface area contributed by atoms with Gasteiger partial charge in [0.2, 0.25) is 0 Å². The molecule has 2 rings (SSSR count). The van der Waals surface area contributed by atoms with E-state index < -0.39 is 0 Å². The second kappa shape index (κ2) is 8.30. The minimum absolute atomic E-state index is 0.588. The van der Waals surface area contributed by atoms with Crippen LogP contribution in [-0.2, 0) is 0 Å². The fourth-order valence-corrected chi connectivity index (χ4v) is 2.78. The third kappa shape index (κ3) is 5.16. The van der Waals surface area contributed by atoms with Crippen LogP contribution in [0.25, 0.3) is 0 Å². The number of aliphatic imine (C=N–C) groups is 1. The van der Waals surface area contributed by atoms with Gasteiger partial charge in [-0.05, 0) is 46.0 Å². The second-order valence-corrected chi connectivity index (χ2v) is 5.80. The van der Waals surface area contributed by atoms with Gasteiger partial charge >= 0.3 is 0 Å². The molecular formula is C16H30N4. The summed E-state index contributed by atoms with van der Waals surface area (Å²) >= 11 is 0. The number of nitrogens with one attached hydrogen (secondary N) is 2. The predicted octanol–water partition coefficient (Wildman–Crippen LogP) is 2.13. The number of likely N-dealkylation sites (tertiary alicyclic amines) is 1. The monoisotopic (exact) mass is 278 g/mol. The van der Waals surface area contributed by atoms with Crippen molar-refractivity contribution >= 4 is 5.96 Å². The van der Waals surface area contributed by atoms with Crippen molar-refractivity contribution in [3.63, 3.8) is 0 Å². The first-order valence-corrected chi connectivity index (χ1v) is 8.23. The normalized spacial score (nSPS) is 22.4. The third-order valence-electron chi connectivity index (χ3n) is 4.08. The highest BCUT2D eigenvalue weighted by atomic mass is 15.2. The molecule has 0 spiro atoms. The van der Waals surface area contributed by atoms with Gasteiger partial charge in [-0.1, -0.05) is 12.2 Å². The molecular weight excluding hydrogens is 248 g/mol. The van der Waals surface area contributed by atoms with Crippen LogP contribution in [-0.4, -0.2) is 49.1 Å². The first-order chi connectivity index (χ1) is 9.83. The molecule has 1 aliphatic heterocycles. The average Bonchev–Trinajstić information content (AvgIpc) is 3.29. The summed E-state index contributed by atoms with van der Waals surface area (Å²) in [6.07, 6.45) is 10.6. The van der Waals surface area contributed by atoms with Crippen LogP contribution >= 0.6 is 0 Å². The first kappa shape index (κ1) is 15.4. The van der Waals surface area contributed by atoms with Gasteiger partial charge in [0, 0.05) is 38.3 Å². The highest BCUT2D eigenvalue weighted by molar-refractivity contribution is 5.80. The maximum Gasteiger partial charge on any atom is 0.191 e. The van der Waals surface area contributed by atoms with Crippen molar-refractivity contribution in [1.29, 1.82) is 0 Å². The quantitative estimate of drug-likeness (QED) is 0.338. The summed E-state index contributed by atoms with van der Waals surface area (Å²) in [5, 5.41) is 6.96. The fraction of sp³-hybridized carbons (Fsp3) is 0.812. The van der Waals surface area contributed by atoms with Crippen LogP contribution in [0.15, 0.2) is 17.1 Å². The van der Waals surface area contributed by atoms with E-state index in [1.54, 1.807) is 0 Å². The minimum Gasteiger partial charge on any atom is -0.357 e. The van der Waals surface area contributed by atoms with Gasteiger partial charge in [0.05, 0.1) is 0 Å². The topological polar surface area (TPSA) is 39.7 Å². The van der Waals surface area contributed by atoms with Crippen LogP contribution in [0.2, 0.25) is 0 Å². The molecule has 1 aliphatic carbocycles. The van der Waals surface area contributed by atoms with Crippen molar-refractivity contribution in [3.05, 3.63) is 12.2 Å². The molecule has 0 bridgehead atoms. The fourth-order valence-electron chi connectivity index (χ4n) is 2.78. The third-order valence-corrected chi connectivity index (χ3v) is 4.08. The molecule has 114 valence electrons. The van der Waals surface area contributed by atoms with E-state index in [2.05, 4.69) is 46.5 Å². The SMILES string of the molecule is CC=CCCN=C(NCC)NC1CCN(C2CC2)CC1. The summed E-state index contributed by atoms with van der Waals surface area (Å²) in [5.74, 6) is 0.988.